The monoisotopic (exact) mass is 238 g/mol. The number of nitrogens with zero attached hydrogens (tertiary/aromatic N) is 2. The van der Waals surface area contributed by atoms with Crippen molar-refractivity contribution in [1.82, 2.24) is 9.97 Å². The fourth-order valence-electron chi connectivity index (χ4n) is 1.35. The fourth-order valence-corrected chi connectivity index (χ4v) is 1.71. The second-order valence-corrected chi connectivity index (χ2v) is 3.88. The molecule has 76 valence electrons. The Hall–Kier alpha value is -1.12. The number of hydrogen-bond donors (Lipinski definition) is 0. The molecule has 0 aliphatic heterocycles. The van der Waals surface area contributed by atoms with Gasteiger partial charge in [-0.2, -0.15) is 0 Å². The van der Waals surface area contributed by atoms with Crippen LogP contribution in [0.4, 0.5) is 0 Å². The Morgan fingerprint density at radius 1 is 1.07 bits per heavy atom. The van der Waals surface area contributed by atoms with E-state index in [-0.39, 0.29) is 0 Å². The van der Waals surface area contributed by atoms with Crippen LogP contribution < -0.4 is 0 Å². The molecule has 0 radical (unpaired) electrons. The first-order chi connectivity index (χ1) is 7.20. The number of hydrogen-bond acceptors (Lipinski definition) is 2. The predicted octanol–water partition coefficient (Wildman–Crippen LogP) is 3.76. The van der Waals surface area contributed by atoms with Crippen molar-refractivity contribution in [2.24, 2.45) is 0 Å². The van der Waals surface area contributed by atoms with E-state index in [1.807, 2.05) is 31.2 Å². The molecule has 0 saturated carbocycles. The van der Waals surface area contributed by atoms with Crippen LogP contribution in [0.2, 0.25) is 10.2 Å². The van der Waals surface area contributed by atoms with Crippen molar-refractivity contribution in [2.45, 2.75) is 6.92 Å². The van der Waals surface area contributed by atoms with E-state index < -0.39 is 0 Å². The molecule has 0 bridgehead atoms. The first-order valence-electron chi connectivity index (χ1n) is 4.42. The second-order valence-electron chi connectivity index (χ2n) is 3.12. The molecular weight excluding hydrogens is 231 g/mol. The van der Waals surface area contributed by atoms with E-state index in [4.69, 9.17) is 23.2 Å². The lowest BCUT2D eigenvalue weighted by Gasteiger charge is -2.06. The lowest BCUT2D eigenvalue weighted by atomic mass is 10.1. The molecule has 0 fully saturated rings. The Labute approximate surface area is 97.9 Å². The maximum absolute atomic E-state index is 6.08. The van der Waals surface area contributed by atoms with E-state index in [2.05, 4.69) is 9.97 Å². The molecule has 2 nitrogen and oxygen atoms in total. The number of benzene rings is 1. The van der Waals surface area contributed by atoms with Crippen molar-refractivity contribution >= 4 is 23.2 Å². The van der Waals surface area contributed by atoms with E-state index in [9.17, 15) is 0 Å². The highest BCUT2D eigenvalue weighted by molar-refractivity contribution is 6.33. The van der Waals surface area contributed by atoms with Gasteiger partial charge < -0.3 is 0 Å². The van der Waals surface area contributed by atoms with Crippen molar-refractivity contribution in [3.05, 3.63) is 46.3 Å². The van der Waals surface area contributed by atoms with E-state index in [0.29, 0.717) is 10.2 Å². The van der Waals surface area contributed by atoms with Gasteiger partial charge in [0.1, 0.15) is 11.5 Å². The molecule has 1 heterocycles. The van der Waals surface area contributed by atoms with Crippen LogP contribution in [-0.4, -0.2) is 9.97 Å². The lowest BCUT2D eigenvalue weighted by molar-refractivity contribution is 1.13. The molecule has 0 amide bonds. The average molecular weight is 239 g/mol. The molecule has 0 unspecified atom stereocenters. The zero-order valence-corrected chi connectivity index (χ0v) is 9.55. The van der Waals surface area contributed by atoms with Gasteiger partial charge in [-0.25, -0.2) is 9.97 Å². The van der Waals surface area contributed by atoms with Crippen molar-refractivity contribution in [2.75, 3.05) is 0 Å². The van der Waals surface area contributed by atoms with Gasteiger partial charge in [-0.3, -0.25) is 0 Å². The highest BCUT2D eigenvalue weighted by Crippen LogP contribution is 2.29. The Bertz CT molecular complexity index is 498. The van der Waals surface area contributed by atoms with Crippen molar-refractivity contribution in [1.29, 1.82) is 0 Å². The van der Waals surface area contributed by atoms with Crippen molar-refractivity contribution in [3.63, 3.8) is 0 Å². The topological polar surface area (TPSA) is 25.8 Å². The molecule has 0 aliphatic rings. The van der Waals surface area contributed by atoms with Crippen LogP contribution in [0.3, 0.4) is 0 Å². The maximum atomic E-state index is 6.08. The zero-order valence-electron chi connectivity index (χ0n) is 8.04. The van der Waals surface area contributed by atoms with Gasteiger partial charge in [0.2, 0.25) is 0 Å². The summed E-state index contributed by atoms with van der Waals surface area (Å²) in [5.74, 6) is 0. The summed E-state index contributed by atoms with van der Waals surface area (Å²) < 4.78 is 0. The maximum Gasteiger partial charge on any atom is 0.135 e. The van der Waals surface area contributed by atoms with Crippen LogP contribution in [0.25, 0.3) is 11.3 Å². The summed E-state index contributed by atoms with van der Waals surface area (Å²) in [6, 6.07) is 7.53. The SMILES string of the molecule is Cc1c(Cl)ncnc1-c1ccccc1Cl. The van der Waals surface area contributed by atoms with Crippen LogP contribution in [0, 0.1) is 6.92 Å². The third-order valence-electron chi connectivity index (χ3n) is 2.15. The molecule has 1 aromatic heterocycles. The van der Waals surface area contributed by atoms with Gasteiger partial charge in [-0.15, -0.1) is 0 Å². The van der Waals surface area contributed by atoms with Gasteiger partial charge in [0.05, 0.1) is 5.69 Å². The molecular formula is C11H8Cl2N2. The zero-order chi connectivity index (χ0) is 10.8. The molecule has 0 atom stereocenters. The molecule has 0 saturated heterocycles. The van der Waals surface area contributed by atoms with Crippen molar-refractivity contribution in [3.8, 4) is 11.3 Å². The number of halogens is 2. The largest absolute Gasteiger partial charge is 0.236 e. The summed E-state index contributed by atoms with van der Waals surface area (Å²) in [6.07, 6.45) is 1.44. The van der Waals surface area contributed by atoms with Crippen LogP contribution in [0.15, 0.2) is 30.6 Å². The Morgan fingerprint density at radius 2 is 1.80 bits per heavy atom. The Balaban J connectivity index is 2.65. The summed E-state index contributed by atoms with van der Waals surface area (Å²) in [6.45, 7) is 1.88. The molecule has 1 aromatic carbocycles. The predicted molar refractivity (Wildman–Crippen MR) is 62.2 cm³/mol. The summed E-state index contributed by atoms with van der Waals surface area (Å²) in [4.78, 5) is 8.10. The smallest absolute Gasteiger partial charge is 0.135 e. The normalized spacial score (nSPS) is 10.3. The highest BCUT2D eigenvalue weighted by Gasteiger charge is 2.09. The first-order valence-corrected chi connectivity index (χ1v) is 5.17. The molecule has 4 heteroatoms. The summed E-state index contributed by atoms with van der Waals surface area (Å²) in [5, 5.41) is 1.12. The third kappa shape index (κ3) is 1.96. The molecule has 2 aromatic rings. The van der Waals surface area contributed by atoms with E-state index in [1.54, 1.807) is 0 Å². The minimum Gasteiger partial charge on any atom is -0.236 e. The minimum atomic E-state index is 0.458. The number of aromatic nitrogens is 2. The first kappa shape index (κ1) is 10.4. The fraction of sp³-hybridized carbons (Fsp3) is 0.0909. The molecule has 0 aliphatic carbocycles. The van der Waals surface area contributed by atoms with E-state index >= 15 is 0 Å². The van der Waals surface area contributed by atoms with Crippen LogP contribution in [-0.2, 0) is 0 Å². The summed E-state index contributed by atoms with van der Waals surface area (Å²) in [7, 11) is 0. The lowest BCUT2D eigenvalue weighted by Crippen LogP contribution is -1.92. The average Bonchev–Trinajstić information content (AvgIpc) is 2.23. The van der Waals surface area contributed by atoms with E-state index in [1.165, 1.54) is 6.33 Å². The summed E-state index contributed by atoms with van der Waals surface area (Å²) >= 11 is 12.0. The van der Waals surface area contributed by atoms with E-state index in [0.717, 1.165) is 16.8 Å². The molecule has 0 N–H and O–H groups in total. The van der Waals surface area contributed by atoms with Crippen LogP contribution in [0.1, 0.15) is 5.56 Å². The molecule has 2 rings (SSSR count). The molecule has 0 spiro atoms. The van der Waals surface area contributed by atoms with Gasteiger partial charge >= 0.3 is 0 Å². The van der Waals surface area contributed by atoms with Crippen molar-refractivity contribution < 1.29 is 0 Å². The van der Waals surface area contributed by atoms with Crippen LogP contribution >= 0.6 is 23.2 Å². The van der Waals surface area contributed by atoms with Crippen LogP contribution in [0.5, 0.6) is 0 Å². The Morgan fingerprint density at radius 3 is 2.53 bits per heavy atom. The van der Waals surface area contributed by atoms with Gasteiger partial charge in [-0.05, 0) is 13.0 Å². The molecule has 15 heavy (non-hydrogen) atoms. The third-order valence-corrected chi connectivity index (χ3v) is 2.86. The Kier molecular flexibility index (Phi) is 2.89. The number of rotatable bonds is 1. The second kappa shape index (κ2) is 4.17. The standard InChI is InChI=1S/C11H8Cl2N2/c1-7-10(14-6-15-11(7)13)8-4-2-3-5-9(8)12/h2-6H,1H3. The summed E-state index contributed by atoms with van der Waals surface area (Å²) in [5.41, 5.74) is 2.49. The van der Waals surface area contributed by atoms with Gasteiger partial charge in [0.15, 0.2) is 0 Å². The minimum absolute atomic E-state index is 0.458. The highest BCUT2D eigenvalue weighted by atomic mass is 35.5. The van der Waals surface area contributed by atoms with Gasteiger partial charge in [0, 0.05) is 16.1 Å². The van der Waals surface area contributed by atoms with Gasteiger partial charge in [0.25, 0.3) is 0 Å². The quantitative estimate of drug-likeness (QED) is 0.708. The van der Waals surface area contributed by atoms with Gasteiger partial charge in [-0.1, -0.05) is 41.4 Å².